The minimum atomic E-state index is -0.840. The van der Waals surface area contributed by atoms with Crippen molar-refractivity contribution in [1.29, 1.82) is 0 Å². The summed E-state index contributed by atoms with van der Waals surface area (Å²) in [6, 6.07) is 7.04. The van der Waals surface area contributed by atoms with Crippen LogP contribution >= 0.6 is 0 Å². The molecule has 1 heterocycles. The van der Waals surface area contributed by atoms with E-state index in [2.05, 4.69) is 10.6 Å². The van der Waals surface area contributed by atoms with Gasteiger partial charge in [0.1, 0.15) is 5.75 Å². The van der Waals surface area contributed by atoms with E-state index in [0.717, 1.165) is 0 Å². The van der Waals surface area contributed by atoms with Gasteiger partial charge in [0.2, 0.25) is 11.8 Å². The maximum Gasteiger partial charge on any atom is 0.263 e. The normalized spacial score (nSPS) is 16.3. The van der Waals surface area contributed by atoms with Crippen molar-refractivity contribution in [3.05, 3.63) is 24.3 Å². The van der Waals surface area contributed by atoms with Crippen LogP contribution in [0.15, 0.2) is 24.3 Å². The van der Waals surface area contributed by atoms with Crippen molar-refractivity contribution < 1.29 is 19.1 Å². The van der Waals surface area contributed by atoms with E-state index >= 15 is 0 Å². The maximum atomic E-state index is 12.1. The summed E-state index contributed by atoms with van der Waals surface area (Å²) in [4.78, 5) is 36.8. The molecule has 7 nitrogen and oxygen atoms in total. The SMILES string of the molecule is CCNC(=O)CNC(=O)[C@@H]1CN(C(C)=O)c2ccccc2O1. The van der Waals surface area contributed by atoms with Crippen LogP contribution in [0.5, 0.6) is 5.75 Å². The first-order chi connectivity index (χ1) is 10.5. The maximum absolute atomic E-state index is 12.1. The number of carbonyl (C=O) groups excluding carboxylic acids is 3. The van der Waals surface area contributed by atoms with E-state index in [-0.39, 0.29) is 24.9 Å². The van der Waals surface area contributed by atoms with Gasteiger partial charge >= 0.3 is 0 Å². The predicted octanol–water partition coefficient (Wildman–Crippen LogP) is 0.0528. The zero-order chi connectivity index (χ0) is 16.1. The van der Waals surface area contributed by atoms with Crippen LogP contribution in [0.2, 0.25) is 0 Å². The van der Waals surface area contributed by atoms with Gasteiger partial charge in [-0.05, 0) is 19.1 Å². The van der Waals surface area contributed by atoms with Crippen LogP contribution in [0.1, 0.15) is 13.8 Å². The zero-order valence-electron chi connectivity index (χ0n) is 12.6. The third-order valence-corrected chi connectivity index (χ3v) is 3.24. The number of carbonyl (C=O) groups is 3. The third kappa shape index (κ3) is 3.55. The van der Waals surface area contributed by atoms with Crippen LogP contribution in [0.25, 0.3) is 0 Å². The molecule has 3 amide bonds. The summed E-state index contributed by atoms with van der Waals surface area (Å²) in [6.45, 7) is 3.74. The molecule has 0 unspecified atom stereocenters. The monoisotopic (exact) mass is 305 g/mol. The van der Waals surface area contributed by atoms with E-state index in [0.29, 0.717) is 18.0 Å². The topological polar surface area (TPSA) is 87.7 Å². The first kappa shape index (κ1) is 15.8. The highest BCUT2D eigenvalue weighted by molar-refractivity contribution is 5.96. The molecule has 0 spiro atoms. The molecule has 0 aliphatic carbocycles. The molecule has 0 saturated carbocycles. The minimum absolute atomic E-state index is 0.117. The second-order valence-electron chi connectivity index (χ2n) is 4.88. The molecule has 1 aromatic carbocycles. The summed E-state index contributed by atoms with van der Waals surface area (Å²) >= 11 is 0. The Morgan fingerprint density at radius 2 is 2.00 bits per heavy atom. The van der Waals surface area contributed by atoms with Gasteiger partial charge in [-0.3, -0.25) is 14.4 Å². The predicted molar refractivity (Wildman–Crippen MR) is 80.6 cm³/mol. The average Bonchev–Trinajstić information content (AvgIpc) is 2.51. The molecule has 0 aromatic heterocycles. The average molecular weight is 305 g/mol. The fourth-order valence-electron chi connectivity index (χ4n) is 2.21. The fourth-order valence-corrected chi connectivity index (χ4v) is 2.21. The number of anilines is 1. The van der Waals surface area contributed by atoms with E-state index in [1.165, 1.54) is 11.8 Å². The molecule has 0 bridgehead atoms. The van der Waals surface area contributed by atoms with Crippen molar-refractivity contribution >= 4 is 23.4 Å². The van der Waals surface area contributed by atoms with Crippen molar-refractivity contribution in [1.82, 2.24) is 10.6 Å². The van der Waals surface area contributed by atoms with Gasteiger partial charge in [0.05, 0.1) is 18.8 Å². The molecule has 0 radical (unpaired) electrons. The number of ether oxygens (including phenoxy) is 1. The quantitative estimate of drug-likeness (QED) is 0.823. The second-order valence-corrected chi connectivity index (χ2v) is 4.88. The highest BCUT2D eigenvalue weighted by Crippen LogP contribution is 2.33. The number of fused-ring (bicyclic) bond motifs is 1. The number of nitrogens with one attached hydrogen (secondary N) is 2. The molecule has 7 heteroatoms. The van der Waals surface area contributed by atoms with E-state index in [1.54, 1.807) is 31.2 Å². The lowest BCUT2D eigenvalue weighted by molar-refractivity contribution is -0.131. The van der Waals surface area contributed by atoms with Crippen molar-refractivity contribution in [2.75, 3.05) is 24.5 Å². The lowest BCUT2D eigenvalue weighted by Crippen LogP contribution is -2.51. The van der Waals surface area contributed by atoms with Gasteiger partial charge in [-0.2, -0.15) is 0 Å². The molecular weight excluding hydrogens is 286 g/mol. The van der Waals surface area contributed by atoms with E-state index in [9.17, 15) is 14.4 Å². The number of nitrogens with zero attached hydrogens (tertiary/aromatic N) is 1. The number of benzene rings is 1. The Balaban J connectivity index is 2.06. The molecule has 0 fully saturated rings. The van der Waals surface area contributed by atoms with E-state index in [4.69, 9.17) is 4.74 Å². The number of para-hydroxylation sites is 2. The smallest absolute Gasteiger partial charge is 0.263 e. The molecule has 1 aliphatic heterocycles. The van der Waals surface area contributed by atoms with Crippen LogP contribution in [-0.4, -0.2) is 43.5 Å². The van der Waals surface area contributed by atoms with E-state index < -0.39 is 12.0 Å². The minimum Gasteiger partial charge on any atom is -0.477 e. The Morgan fingerprint density at radius 3 is 2.68 bits per heavy atom. The number of likely N-dealkylation sites (N-methyl/N-ethyl adjacent to an activating group) is 1. The fraction of sp³-hybridized carbons (Fsp3) is 0.400. The number of hydrogen-bond donors (Lipinski definition) is 2. The van der Waals surface area contributed by atoms with Crippen LogP contribution in [0.4, 0.5) is 5.69 Å². The molecule has 0 saturated heterocycles. The van der Waals surface area contributed by atoms with Gasteiger partial charge < -0.3 is 20.3 Å². The van der Waals surface area contributed by atoms with Gasteiger partial charge in [0.25, 0.3) is 5.91 Å². The molecule has 2 N–H and O–H groups in total. The summed E-state index contributed by atoms with van der Waals surface area (Å²) in [5, 5.41) is 5.10. The Bertz CT molecular complexity index is 588. The van der Waals surface area contributed by atoms with Crippen LogP contribution in [0, 0.1) is 0 Å². The number of amides is 3. The summed E-state index contributed by atoms with van der Waals surface area (Å²) in [6.07, 6.45) is -0.840. The molecule has 118 valence electrons. The van der Waals surface area contributed by atoms with E-state index in [1.807, 2.05) is 0 Å². The Labute approximate surface area is 128 Å². The lowest BCUT2D eigenvalue weighted by atomic mass is 10.1. The second kappa shape index (κ2) is 6.93. The highest BCUT2D eigenvalue weighted by Gasteiger charge is 2.32. The van der Waals surface area contributed by atoms with Crippen LogP contribution in [0.3, 0.4) is 0 Å². The Kier molecular flexibility index (Phi) is 4.98. The van der Waals surface area contributed by atoms with Crippen molar-refractivity contribution in [2.24, 2.45) is 0 Å². The van der Waals surface area contributed by atoms with Crippen LogP contribution < -0.4 is 20.3 Å². The molecular formula is C15H19N3O4. The van der Waals surface area contributed by atoms with Gasteiger partial charge in [0, 0.05) is 13.5 Å². The van der Waals surface area contributed by atoms with Crippen molar-refractivity contribution in [3.63, 3.8) is 0 Å². The number of rotatable bonds is 4. The third-order valence-electron chi connectivity index (χ3n) is 3.24. The Morgan fingerprint density at radius 1 is 1.27 bits per heavy atom. The summed E-state index contributed by atoms with van der Waals surface area (Å²) < 4.78 is 5.63. The number of hydrogen-bond acceptors (Lipinski definition) is 4. The molecule has 2 rings (SSSR count). The first-order valence-corrected chi connectivity index (χ1v) is 7.11. The Hall–Kier alpha value is -2.57. The van der Waals surface area contributed by atoms with Gasteiger partial charge in [-0.1, -0.05) is 12.1 Å². The molecule has 1 aliphatic rings. The van der Waals surface area contributed by atoms with Crippen molar-refractivity contribution in [2.45, 2.75) is 20.0 Å². The summed E-state index contributed by atoms with van der Waals surface area (Å²) in [5.74, 6) is -0.387. The molecule has 1 atom stereocenters. The van der Waals surface area contributed by atoms with Gasteiger partial charge in [-0.25, -0.2) is 0 Å². The highest BCUT2D eigenvalue weighted by atomic mass is 16.5. The first-order valence-electron chi connectivity index (χ1n) is 7.11. The molecule has 1 aromatic rings. The van der Waals surface area contributed by atoms with Crippen LogP contribution in [-0.2, 0) is 14.4 Å². The largest absolute Gasteiger partial charge is 0.477 e. The zero-order valence-corrected chi connectivity index (χ0v) is 12.6. The van der Waals surface area contributed by atoms with Gasteiger partial charge in [-0.15, -0.1) is 0 Å². The lowest BCUT2D eigenvalue weighted by Gasteiger charge is -2.33. The standard InChI is InChI=1S/C15H19N3O4/c1-3-16-14(20)8-17-15(21)13-9-18(10(2)19)11-6-4-5-7-12(11)22-13/h4-7,13H,3,8-9H2,1-2H3,(H,16,20)(H,17,21)/t13-/m0/s1. The van der Waals surface area contributed by atoms with Crippen molar-refractivity contribution in [3.8, 4) is 5.75 Å². The van der Waals surface area contributed by atoms with Gasteiger partial charge in [0.15, 0.2) is 6.10 Å². The summed E-state index contributed by atoms with van der Waals surface area (Å²) in [5.41, 5.74) is 0.641. The molecule has 22 heavy (non-hydrogen) atoms. The summed E-state index contributed by atoms with van der Waals surface area (Å²) in [7, 11) is 0.